The second kappa shape index (κ2) is 6.25. The highest BCUT2D eigenvalue weighted by atomic mass is 16.6. The minimum atomic E-state index is -0.581. The summed E-state index contributed by atoms with van der Waals surface area (Å²) in [5.41, 5.74) is 0.377. The van der Waals surface area contributed by atoms with Gasteiger partial charge in [-0.25, -0.2) is 4.79 Å². The van der Waals surface area contributed by atoms with E-state index in [4.69, 9.17) is 9.47 Å². The lowest BCUT2D eigenvalue weighted by atomic mass is 9.95. The van der Waals surface area contributed by atoms with Crippen LogP contribution >= 0.6 is 0 Å². The summed E-state index contributed by atoms with van der Waals surface area (Å²) in [6, 6.07) is 7.46. The Kier molecular flexibility index (Phi) is 4.59. The van der Waals surface area contributed by atoms with E-state index in [0.717, 1.165) is 11.3 Å². The quantitative estimate of drug-likeness (QED) is 0.897. The third kappa shape index (κ3) is 4.13. The molecule has 1 aromatic rings. The molecule has 0 bridgehead atoms. The van der Waals surface area contributed by atoms with Gasteiger partial charge in [0.2, 0.25) is 5.91 Å². The summed E-state index contributed by atoms with van der Waals surface area (Å²) in [6.07, 6.45) is -0.693. The number of rotatable bonds is 3. The molecule has 2 rings (SSSR count). The van der Waals surface area contributed by atoms with Crippen LogP contribution in [0.15, 0.2) is 24.3 Å². The average molecular weight is 306 g/mol. The monoisotopic (exact) mass is 306 g/mol. The van der Waals surface area contributed by atoms with Crippen LogP contribution in [0.5, 0.6) is 5.75 Å². The standard InChI is InChI=1S/C16H22N2O4/c1-16(2,3)22-15(20)18-14-12(9-13(19)17-14)10-5-7-11(21-4)8-6-10/h5-8,12,14H,9H2,1-4H3,(H,17,19)(H,18,20)/t12-,14-/m0/s1. The second-order valence-electron chi connectivity index (χ2n) is 6.28. The van der Waals surface area contributed by atoms with E-state index in [1.54, 1.807) is 27.9 Å². The maximum absolute atomic E-state index is 11.9. The van der Waals surface area contributed by atoms with Gasteiger partial charge in [0.15, 0.2) is 0 Å². The molecular formula is C16H22N2O4. The first-order valence-electron chi connectivity index (χ1n) is 7.21. The number of hydrogen-bond acceptors (Lipinski definition) is 4. The molecular weight excluding hydrogens is 284 g/mol. The van der Waals surface area contributed by atoms with Gasteiger partial charge in [-0.15, -0.1) is 0 Å². The van der Waals surface area contributed by atoms with Gasteiger partial charge in [-0.1, -0.05) is 12.1 Å². The Morgan fingerprint density at radius 3 is 2.45 bits per heavy atom. The van der Waals surface area contributed by atoms with Crippen LogP contribution in [0.4, 0.5) is 4.79 Å². The minimum absolute atomic E-state index is 0.0955. The molecule has 0 saturated carbocycles. The van der Waals surface area contributed by atoms with E-state index in [1.165, 1.54) is 0 Å². The second-order valence-corrected chi connectivity index (χ2v) is 6.28. The predicted octanol–water partition coefficient (Wildman–Crippen LogP) is 2.15. The normalized spacial score (nSPS) is 21.2. The van der Waals surface area contributed by atoms with E-state index in [-0.39, 0.29) is 11.8 Å². The Hall–Kier alpha value is -2.24. The lowest BCUT2D eigenvalue weighted by molar-refractivity contribution is -0.119. The van der Waals surface area contributed by atoms with Crippen LogP contribution in [0, 0.1) is 0 Å². The molecule has 1 aromatic carbocycles. The number of carbonyl (C=O) groups excluding carboxylic acids is 2. The van der Waals surface area contributed by atoms with Crippen LogP contribution in [-0.2, 0) is 9.53 Å². The van der Waals surface area contributed by atoms with E-state index in [0.29, 0.717) is 6.42 Å². The van der Waals surface area contributed by atoms with Gasteiger partial charge in [-0.05, 0) is 38.5 Å². The van der Waals surface area contributed by atoms with Crippen molar-refractivity contribution in [1.82, 2.24) is 10.6 Å². The Morgan fingerprint density at radius 2 is 1.91 bits per heavy atom. The van der Waals surface area contributed by atoms with Crippen LogP contribution in [0.3, 0.4) is 0 Å². The molecule has 2 amide bonds. The zero-order valence-electron chi connectivity index (χ0n) is 13.3. The maximum atomic E-state index is 11.9. The Balaban J connectivity index is 2.08. The summed E-state index contributed by atoms with van der Waals surface area (Å²) in [4.78, 5) is 23.6. The highest BCUT2D eigenvalue weighted by Crippen LogP contribution is 2.28. The fraction of sp³-hybridized carbons (Fsp3) is 0.500. The van der Waals surface area contributed by atoms with E-state index in [1.807, 2.05) is 24.3 Å². The molecule has 1 aliphatic rings. The Bertz CT molecular complexity index is 548. The Labute approximate surface area is 130 Å². The summed E-state index contributed by atoms with van der Waals surface area (Å²) in [5, 5.41) is 5.48. The summed E-state index contributed by atoms with van der Waals surface area (Å²) in [6.45, 7) is 5.38. The molecule has 0 aromatic heterocycles. The van der Waals surface area contributed by atoms with Crippen molar-refractivity contribution in [2.24, 2.45) is 0 Å². The smallest absolute Gasteiger partial charge is 0.409 e. The average Bonchev–Trinajstić information content (AvgIpc) is 2.77. The van der Waals surface area contributed by atoms with Crippen molar-refractivity contribution < 1.29 is 19.1 Å². The fourth-order valence-electron chi connectivity index (χ4n) is 2.38. The van der Waals surface area contributed by atoms with E-state index < -0.39 is 17.9 Å². The molecule has 2 atom stereocenters. The molecule has 6 nitrogen and oxygen atoms in total. The molecule has 6 heteroatoms. The third-order valence-electron chi connectivity index (χ3n) is 3.34. The van der Waals surface area contributed by atoms with E-state index >= 15 is 0 Å². The molecule has 1 saturated heterocycles. The summed E-state index contributed by atoms with van der Waals surface area (Å²) >= 11 is 0. The van der Waals surface area contributed by atoms with Gasteiger partial charge in [0.1, 0.15) is 17.5 Å². The van der Waals surface area contributed by atoms with E-state index in [2.05, 4.69) is 10.6 Å². The van der Waals surface area contributed by atoms with Crippen LogP contribution in [0.2, 0.25) is 0 Å². The maximum Gasteiger partial charge on any atom is 0.409 e. The minimum Gasteiger partial charge on any atom is -0.497 e. The highest BCUT2D eigenvalue weighted by Gasteiger charge is 2.35. The van der Waals surface area contributed by atoms with Gasteiger partial charge in [0, 0.05) is 12.3 Å². The van der Waals surface area contributed by atoms with Gasteiger partial charge in [0.05, 0.1) is 7.11 Å². The Morgan fingerprint density at radius 1 is 1.27 bits per heavy atom. The zero-order valence-corrected chi connectivity index (χ0v) is 13.3. The van der Waals surface area contributed by atoms with Crippen LogP contribution in [-0.4, -0.2) is 30.9 Å². The van der Waals surface area contributed by atoms with Gasteiger partial charge in [-0.2, -0.15) is 0 Å². The number of carbonyl (C=O) groups is 2. The molecule has 0 radical (unpaired) electrons. The topological polar surface area (TPSA) is 76.7 Å². The largest absolute Gasteiger partial charge is 0.497 e. The molecule has 2 N–H and O–H groups in total. The number of benzene rings is 1. The van der Waals surface area contributed by atoms with Crippen molar-refractivity contribution >= 4 is 12.0 Å². The summed E-state index contributed by atoms with van der Waals surface area (Å²) in [7, 11) is 1.60. The molecule has 1 aliphatic heterocycles. The van der Waals surface area contributed by atoms with Crippen molar-refractivity contribution in [3.8, 4) is 5.75 Å². The van der Waals surface area contributed by atoms with Crippen LogP contribution < -0.4 is 15.4 Å². The first-order valence-corrected chi connectivity index (χ1v) is 7.21. The van der Waals surface area contributed by atoms with Gasteiger partial charge in [0.25, 0.3) is 0 Å². The first kappa shape index (κ1) is 16.1. The van der Waals surface area contributed by atoms with Crippen molar-refractivity contribution in [2.45, 2.75) is 44.9 Å². The van der Waals surface area contributed by atoms with Crippen molar-refractivity contribution in [2.75, 3.05) is 7.11 Å². The molecule has 0 unspecified atom stereocenters. The molecule has 1 fully saturated rings. The van der Waals surface area contributed by atoms with Gasteiger partial charge in [-0.3, -0.25) is 4.79 Å². The number of methoxy groups -OCH3 is 1. The van der Waals surface area contributed by atoms with Crippen molar-refractivity contribution in [1.29, 1.82) is 0 Å². The number of nitrogens with one attached hydrogen (secondary N) is 2. The predicted molar refractivity (Wildman–Crippen MR) is 81.7 cm³/mol. The molecule has 120 valence electrons. The van der Waals surface area contributed by atoms with Gasteiger partial charge < -0.3 is 20.1 Å². The highest BCUT2D eigenvalue weighted by molar-refractivity contribution is 5.81. The number of hydrogen-bond donors (Lipinski definition) is 2. The number of ether oxygens (including phenoxy) is 2. The van der Waals surface area contributed by atoms with Crippen molar-refractivity contribution in [3.05, 3.63) is 29.8 Å². The van der Waals surface area contributed by atoms with Crippen molar-refractivity contribution in [3.63, 3.8) is 0 Å². The molecule has 22 heavy (non-hydrogen) atoms. The first-order chi connectivity index (χ1) is 10.3. The van der Waals surface area contributed by atoms with Crippen LogP contribution in [0.1, 0.15) is 38.7 Å². The zero-order chi connectivity index (χ0) is 16.3. The third-order valence-corrected chi connectivity index (χ3v) is 3.34. The SMILES string of the molecule is COc1ccc([C@@H]2CC(=O)N[C@H]2NC(=O)OC(C)(C)C)cc1. The summed E-state index contributed by atoms with van der Waals surface area (Å²) in [5.74, 6) is 0.519. The molecule has 1 heterocycles. The van der Waals surface area contributed by atoms with Gasteiger partial charge >= 0.3 is 6.09 Å². The lowest BCUT2D eigenvalue weighted by Crippen LogP contribution is -2.47. The summed E-state index contributed by atoms with van der Waals surface area (Å²) < 4.78 is 10.4. The fourth-order valence-corrected chi connectivity index (χ4v) is 2.38. The molecule has 0 aliphatic carbocycles. The number of amides is 2. The number of alkyl carbamates (subject to hydrolysis) is 1. The lowest BCUT2D eigenvalue weighted by Gasteiger charge is -2.24. The molecule has 0 spiro atoms. The van der Waals surface area contributed by atoms with E-state index in [9.17, 15) is 9.59 Å². The van der Waals surface area contributed by atoms with Crippen LogP contribution in [0.25, 0.3) is 0 Å².